The SMILES string of the molecule is CC(C)[C@@H]1CN2C[C@H](Nc3nccc(C(F)(F)F)n3)C[C@H]2CO1. The molecule has 1 aromatic heterocycles. The maximum absolute atomic E-state index is 12.7. The fraction of sp³-hybridized carbons (Fsp3) is 0.733. The summed E-state index contributed by atoms with van der Waals surface area (Å²) in [5.74, 6) is 0.487. The number of alkyl halides is 3. The van der Waals surface area contributed by atoms with Gasteiger partial charge in [0.1, 0.15) is 5.69 Å². The summed E-state index contributed by atoms with van der Waals surface area (Å²) in [7, 11) is 0. The van der Waals surface area contributed by atoms with Crippen LogP contribution < -0.4 is 5.32 Å². The Bertz CT molecular complexity index is 552. The van der Waals surface area contributed by atoms with Gasteiger partial charge < -0.3 is 10.1 Å². The number of aromatic nitrogens is 2. The van der Waals surface area contributed by atoms with Gasteiger partial charge in [-0.15, -0.1) is 0 Å². The van der Waals surface area contributed by atoms with Gasteiger partial charge in [-0.05, 0) is 18.4 Å². The number of fused-ring (bicyclic) bond motifs is 1. The van der Waals surface area contributed by atoms with Crippen LogP contribution in [0.4, 0.5) is 19.1 Å². The second kappa shape index (κ2) is 6.24. The lowest BCUT2D eigenvalue weighted by Gasteiger charge is -2.36. The van der Waals surface area contributed by atoms with Crippen molar-refractivity contribution < 1.29 is 17.9 Å². The van der Waals surface area contributed by atoms with Crippen LogP contribution in [-0.4, -0.2) is 52.8 Å². The highest BCUT2D eigenvalue weighted by Crippen LogP contribution is 2.29. The van der Waals surface area contributed by atoms with Gasteiger partial charge in [0.05, 0.1) is 12.7 Å². The summed E-state index contributed by atoms with van der Waals surface area (Å²) in [6, 6.07) is 1.23. The zero-order valence-corrected chi connectivity index (χ0v) is 13.2. The minimum atomic E-state index is -4.45. The number of ether oxygens (including phenoxy) is 1. The molecular formula is C15H21F3N4O. The van der Waals surface area contributed by atoms with Crippen molar-refractivity contribution in [2.45, 2.75) is 44.6 Å². The molecular weight excluding hydrogens is 309 g/mol. The third-order valence-corrected chi connectivity index (χ3v) is 4.47. The van der Waals surface area contributed by atoms with E-state index in [1.165, 1.54) is 0 Å². The molecule has 3 atom stereocenters. The van der Waals surface area contributed by atoms with Crippen molar-refractivity contribution in [3.8, 4) is 0 Å². The van der Waals surface area contributed by atoms with Gasteiger partial charge in [0.25, 0.3) is 0 Å². The van der Waals surface area contributed by atoms with Crippen LogP contribution in [0.15, 0.2) is 12.3 Å². The first kappa shape index (κ1) is 16.4. The summed E-state index contributed by atoms with van der Waals surface area (Å²) in [4.78, 5) is 9.82. The molecule has 0 aromatic carbocycles. The molecule has 1 aromatic rings. The van der Waals surface area contributed by atoms with Crippen LogP contribution in [0.3, 0.4) is 0 Å². The molecule has 2 aliphatic heterocycles. The van der Waals surface area contributed by atoms with Crippen LogP contribution in [0, 0.1) is 5.92 Å². The predicted octanol–water partition coefficient (Wildman–Crippen LogP) is 2.41. The molecule has 0 amide bonds. The number of hydrogen-bond acceptors (Lipinski definition) is 5. The van der Waals surface area contributed by atoms with Crippen molar-refractivity contribution in [3.63, 3.8) is 0 Å². The minimum absolute atomic E-state index is 0.0333. The van der Waals surface area contributed by atoms with Crippen molar-refractivity contribution in [1.29, 1.82) is 0 Å². The highest BCUT2D eigenvalue weighted by atomic mass is 19.4. The Morgan fingerprint density at radius 2 is 2.13 bits per heavy atom. The molecule has 23 heavy (non-hydrogen) atoms. The third kappa shape index (κ3) is 3.74. The summed E-state index contributed by atoms with van der Waals surface area (Å²) in [6.45, 7) is 6.58. The summed E-state index contributed by atoms with van der Waals surface area (Å²) >= 11 is 0. The van der Waals surface area contributed by atoms with E-state index < -0.39 is 11.9 Å². The molecule has 2 saturated heterocycles. The minimum Gasteiger partial charge on any atom is -0.375 e. The topological polar surface area (TPSA) is 50.3 Å². The predicted molar refractivity (Wildman–Crippen MR) is 79.0 cm³/mol. The first-order valence-electron chi connectivity index (χ1n) is 7.85. The van der Waals surface area contributed by atoms with Crippen LogP contribution in [0.25, 0.3) is 0 Å². The molecule has 0 unspecified atom stereocenters. The number of nitrogens with zero attached hydrogens (tertiary/aromatic N) is 3. The van der Waals surface area contributed by atoms with Crippen LogP contribution in [0.1, 0.15) is 26.0 Å². The van der Waals surface area contributed by atoms with E-state index in [-0.39, 0.29) is 18.1 Å². The Hall–Kier alpha value is -1.41. The quantitative estimate of drug-likeness (QED) is 0.922. The van der Waals surface area contributed by atoms with Crippen molar-refractivity contribution in [3.05, 3.63) is 18.0 Å². The van der Waals surface area contributed by atoms with E-state index >= 15 is 0 Å². The van der Waals surface area contributed by atoms with Gasteiger partial charge in [-0.3, -0.25) is 4.90 Å². The molecule has 8 heteroatoms. The molecule has 1 N–H and O–H groups in total. The van der Waals surface area contributed by atoms with Gasteiger partial charge in [-0.2, -0.15) is 13.2 Å². The lowest BCUT2D eigenvalue weighted by molar-refractivity contribution is -0.141. The number of hydrogen-bond donors (Lipinski definition) is 1. The fourth-order valence-corrected chi connectivity index (χ4v) is 3.18. The van der Waals surface area contributed by atoms with Gasteiger partial charge in [-0.25, -0.2) is 9.97 Å². The number of halogens is 3. The van der Waals surface area contributed by atoms with E-state index in [0.29, 0.717) is 18.6 Å². The van der Waals surface area contributed by atoms with Gasteiger partial charge in [-0.1, -0.05) is 13.8 Å². The van der Waals surface area contributed by atoms with E-state index in [2.05, 4.69) is 34.0 Å². The fourth-order valence-electron chi connectivity index (χ4n) is 3.18. The molecule has 5 nitrogen and oxygen atoms in total. The van der Waals surface area contributed by atoms with Crippen molar-refractivity contribution >= 4 is 5.95 Å². The Kier molecular flexibility index (Phi) is 4.46. The summed E-state index contributed by atoms with van der Waals surface area (Å²) < 4.78 is 44.0. The standard InChI is InChI=1S/C15H21F3N4O/c1-9(2)12-7-22-6-10(5-11(22)8-23-12)20-14-19-4-3-13(21-14)15(16,17)18/h3-4,9-12H,5-8H2,1-2H3,(H,19,20,21)/t10-,11+,12+/m1/s1. The average molecular weight is 330 g/mol. The highest BCUT2D eigenvalue weighted by Gasteiger charge is 2.38. The Morgan fingerprint density at radius 3 is 2.83 bits per heavy atom. The third-order valence-electron chi connectivity index (χ3n) is 4.47. The molecule has 2 aliphatic rings. The Balaban J connectivity index is 1.62. The molecule has 0 aliphatic carbocycles. The summed E-state index contributed by atoms with van der Waals surface area (Å²) in [5.41, 5.74) is -0.922. The average Bonchev–Trinajstić information content (AvgIpc) is 2.87. The van der Waals surface area contributed by atoms with Gasteiger partial charge in [0, 0.05) is 31.4 Å². The molecule has 0 radical (unpaired) electrons. The van der Waals surface area contributed by atoms with E-state index in [4.69, 9.17) is 4.74 Å². The van der Waals surface area contributed by atoms with E-state index in [1.54, 1.807) is 0 Å². The number of anilines is 1. The first-order chi connectivity index (χ1) is 10.8. The van der Waals surface area contributed by atoms with Gasteiger partial charge in [0.2, 0.25) is 5.95 Å². The molecule has 0 spiro atoms. The van der Waals surface area contributed by atoms with Crippen molar-refractivity contribution in [2.24, 2.45) is 5.92 Å². The van der Waals surface area contributed by atoms with E-state index in [9.17, 15) is 13.2 Å². The van der Waals surface area contributed by atoms with Crippen LogP contribution >= 0.6 is 0 Å². The number of morpholine rings is 1. The largest absolute Gasteiger partial charge is 0.433 e. The van der Waals surface area contributed by atoms with Gasteiger partial charge >= 0.3 is 6.18 Å². The molecule has 128 valence electrons. The maximum Gasteiger partial charge on any atom is 0.433 e. The Morgan fingerprint density at radius 1 is 1.35 bits per heavy atom. The maximum atomic E-state index is 12.7. The lowest BCUT2D eigenvalue weighted by atomic mass is 10.0. The zero-order valence-electron chi connectivity index (χ0n) is 13.2. The first-order valence-corrected chi connectivity index (χ1v) is 7.85. The molecule has 3 heterocycles. The summed E-state index contributed by atoms with van der Waals surface area (Å²) in [5, 5.41) is 3.03. The van der Waals surface area contributed by atoms with Gasteiger partial charge in [0.15, 0.2) is 0 Å². The Labute approximate surface area is 133 Å². The van der Waals surface area contributed by atoms with Crippen molar-refractivity contribution in [1.82, 2.24) is 14.9 Å². The second-order valence-corrected chi connectivity index (χ2v) is 6.56. The summed E-state index contributed by atoms with van der Waals surface area (Å²) in [6.07, 6.45) is -2.28. The molecule has 0 saturated carbocycles. The molecule has 3 rings (SSSR count). The second-order valence-electron chi connectivity index (χ2n) is 6.56. The molecule has 0 bridgehead atoms. The van der Waals surface area contributed by atoms with E-state index in [1.807, 2.05) is 0 Å². The molecule has 2 fully saturated rings. The van der Waals surface area contributed by atoms with Crippen molar-refractivity contribution in [2.75, 3.05) is 25.0 Å². The number of rotatable bonds is 3. The van der Waals surface area contributed by atoms with Crippen LogP contribution in [0.5, 0.6) is 0 Å². The lowest BCUT2D eigenvalue weighted by Crippen LogP contribution is -2.48. The monoisotopic (exact) mass is 330 g/mol. The van der Waals surface area contributed by atoms with Crippen LogP contribution in [0.2, 0.25) is 0 Å². The highest BCUT2D eigenvalue weighted by molar-refractivity contribution is 5.28. The zero-order chi connectivity index (χ0) is 16.6. The smallest absolute Gasteiger partial charge is 0.375 e. The van der Waals surface area contributed by atoms with E-state index in [0.717, 1.165) is 31.8 Å². The normalized spacial score (nSPS) is 28.9. The number of nitrogens with one attached hydrogen (secondary N) is 1. The van der Waals surface area contributed by atoms with Crippen LogP contribution in [-0.2, 0) is 10.9 Å².